The Kier molecular flexibility index (Phi) is 4.99. The summed E-state index contributed by atoms with van der Waals surface area (Å²) in [6.07, 6.45) is 4.73. The molecule has 2 rings (SSSR count). The van der Waals surface area contributed by atoms with Gasteiger partial charge >= 0.3 is 0 Å². The van der Waals surface area contributed by atoms with Crippen LogP contribution in [0.2, 0.25) is 0 Å². The molecule has 0 spiro atoms. The minimum atomic E-state index is 0.235. The van der Waals surface area contributed by atoms with Gasteiger partial charge in [-0.3, -0.25) is 4.98 Å². The van der Waals surface area contributed by atoms with Crippen molar-refractivity contribution in [2.75, 3.05) is 11.9 Å². The Balaban J connectivity index is 2.00. The molecule has 1 heterocycles. The van der Waals surface area contributed by atoms with Crippen molar-refractivity contribution in [3.8, 4) is 5.75 Å². The molecule has 0 aliphatic carbocycles. The fraction of sp³-hybridized carbons (Fsp3) is 0.353. The minimum absolute atomic E-state index is 0.235. The molecule has 3 heteroatoms. The topological polar surface area (TPSA) is 34.1 Å². The third kappa shape index (κ3) is 3.98. The first kappa shape index (κ1) is 14.4. The zero-order valence-electron chi connectivity index (χ0n) is 12.4. The van der Waals surface area contributed by atoms with Gasteiger partial charge in [-0.15, -0.1) is 0 Å². The van der Waals surface area contributed by atoms with E-state index >= 15 is 0 Å². The van der Waals surface area contributed by atoms with E-state index in [1.807, 2.05) is 31.5 Å². The highest BCUT2D eigenvalue weighted by Gasteiger charge is 2.06. The number of hydrogen-bond acceptors (Lipinski definition) is 3. The largest absolute Gasteiger partial charge is 0.494 e. The molecule has 3 nitrogen and oxygen atoms in total. The van der Waals surface area contributed by atoms with Crippen LogP contribution in [0.5, 0.6) is 5.75 Å². The quantitative estimate of drug-likeness (QED) is 0.847. The Morgan fingerprint density at radius 1 is 1.20 bits per heavy atom. The summed E-state index contributed by atoms with van der Waals surface area (Å²) < 4.78 is 5.59. The lowest BCUT2D eigenvalue weighted by molar-refractivity contribution is 0.317. The van der Waals surface area contributed by atoms with E-state index in [0.29, 0.717) is 0 Å². The molecule has 20 heavy (non-hydrogen) atoms. The fourth-order valence-electron chi connectivity index (χ4n) is 2.04. The van der Waals surface area contributed by atoms with Crippen molar-refractivity contribution < 1.29 is 4.74 Å². The van der Waals surface area contributed by atoms with E-state index in [4.69, 9.17) is 4.74 Å². The van der Waals surface area contributed by atoms with Crippen molar-refractivity contribution in [2.45, 2.75) is 33.2 Å². The first-order chi connectivity index (χ1) is 9.69. The summed E-state index contributed by atoms with van der Waals surface area (Å²) in [5.74, 6) is 0.931. The number of nitrogens with zero attached hydrogens (tertiary/aromatic N) is 1. The summed E-state index contributed by atoms with van der Waals surface area (Å²) >= 11 is 0. The molecule has 1 N–H and O–H groups in total. The summed E-state index contributed by atoms with van der Waals surface area (Å²) in [5, 5.41) is 3.46. The lowest BCUT2D eigenvalue weighted by Gasteiger charge is -2.16. The first-order valence-electron chi connectivity index (χ1n) is 7.10. The van der Waals surface area contributed by atoms with Crippen molar-refractivity contribution in [1.29, 1.82) is 0 Å². The number of ether oxygens (including phenoxy) is 1. The summed E-state index contributed by atoms with van der Waals surface area (Å²) in [4.78, 5) is 4.20. The highest BCUT2D eigenvalue weighted by molar-refractivity contribution is 5.45. The van der Waals surface area contributed by atoms with Gasteiger partial charge in [-0.25, -0.2) is 0 Å². The number of aryl methyl sites for hydroxylation is 1. The van der Waals surface area contributed by atoms with Crippen molar-refractivity contribution >= 4 is 5.69 Å². The van der Waals surface area contributed by atoms with Gasteiger partial charge < -0.3 is 10.1 Å². The molecule has 0 saturated heterocycles. The van der Waals surface area contributed by atoms with E-state index in [1.54, 1.807) is 0 Å². The third-order valence-corrected chi connectivity index (χ3v) is 3.11. The molecule has 1 aromatic heterocycles. The first-order valence-corrected chi connectivity index (χ1v) is 7.10. The molecule has 1 unspecified atom stereocenters. The van der Waals surface area contributed by atoms with Crippen LogP contribution < -0.4 is 10.1 Å². The molecule has 1 aromatic carbocycles. The number of benzene rings is 1. The maximum atomic E-state index is 5.59. The summed E-state index contributed by atoms with van der Waals surface area (Å²) in [5.41, 5.74) is 3.43. The van der Waals surface area contributed by atoms with Crippen LogP contribution >= 0.6 is 0 Å². The number of anilines is 1. The zero-order chi connectivity index (χ0) is 14.4. The van der Waals surface area contributed by atoms with Crippen LogP contribution in [0.1, 0.15) is 37.4 Å². The van der Waals surface area contributed by atoms with Crippen molar-refractivity contribution in [2.24, 2.45) is 0 Å². The van der Waals surface area contributed by atoms with E-state index in [1.165, 1.54) is 5.56 Å². The van der Waals surface area contributed by atoms with Gasteiger partial charge in [0.15, 0.2) is 0 Å². The van der Waals surface area contributed by atoms with Crippen LogP contribution in [0.3, 0.4) is 0 Å². The average Bonchev–Trinajstić information content (AvgIpc) is 2.45. The van der Waals surface area contributed by atoms with Gasteiger partial charge in [-0.2, -0.15) is 0 Å². The standard InChI is InChI=1S/C17H22N2O/c1-4-9-20-17-7-5-15(6-8-17)14(3)19-16-10-13(2)11-18-12-16/h5-8,10-12,14,19H,4,9H2,1-3H3. The lowest BCUT2D eigenvalue weighted by atomic mass is 10.1. The average molecular weight is 270 g/mol. The van der Waals surface area contributed by atoms with Crippen LogP contribution in [0.4, 0.5) is 5.69 Å². The second-order valence-electron chi connectivity index (χ2n) is 5.03. The normalized spacial score (nSPS) is 11.9. The van der Waals surface area contributed by atoms with Crippen molar-refractivity contribution in [1.82, 2.24) is 4.98 Å². The maximum Gasteiger partial charge on any atom is 0.119 e. The van der Waals surface area contributed by atoms with Gasteiger partial charge in [0.2, 0.25) is 0 Å². The molecule has 2 aromatic rings. The number of rotatable bonds is 6. The van der Waals surface area contributed by atoms with E-state index in [9.17, 15) is 0 Å². The van der Waals surface area contributed by atoms with Crippen LogP contribution in [-0.4, -0.2) is 11.6 Å². The van der Waals surface area contributed by atoms with Gasteiger partial charge in [0, 0.05) is 18.4 Å². The monoisotopic (exact) mass is 270 g/mol. The van der Waals surface area contributed by atoms with Gasteiger partial charge in [-0.1, -0.05) is 19.1 Å². The van der Waals surface area contributed by atoms with E-state index < -0.39 is 0 Å². The number of aromatic nitrogens is 1. The Bertz CT molecular complexity index is 537. The van der Waals surface area contributed by atoms with Crippen molar-refractivity contribution in [3.63, 3.8) is 0 Å². The Hall–Kier alpha value is -2.03. The molecule has 106 valence electrons. The number of hydrogen-bond donors (Lipinski definition) is 1. The molecule has 0 fully saturated rings. The Morgan fingerprint density at radius 2 is 1.95 bits per heavy atom. The zero-order valence-corrected chi connectivity index (χ0v) is 12.4. The predicted octanol–water partition coefficient (Wildman–Crippen LogP) is 4.35. The smallest absolute Gasteiger partial charge is 0.119 e. The molecular weight excluding hydrogens is 248 g/mol. The van der Waals surface area contributed by atoms with Crippen LogP contribution in [0, 0.1) is 6.92 Å². The second kappa shape index (κ2) is 6.94. The molecule has 0 bridgehead atoms. The predicted molar refractivity (Wildman–Crippen MR) is 83.2 cm³/mol. The van der Waals surface area contributed by atoms with E-state index in [2.05, 4.69) is 42.3 Å². The lowest BCUT2D eigenvalue weighted by Crippen LogP contribution is -2.07. The summed E-state index contributed by atoms with van der Waals surface area (Å²) in [6, 6.07) is 10.6. The molecule has 0 aliphatic heterocycles. The van der Waals surface area contributed by atoms with E-state index in [0.717, 1.165) is 30.0 Å². The third-order valence-electron chi connectivity index (χ3n) is 3.11. The summed E-state index contributed by atoms with van der Waals surface area (Å²) in [6.45, 7) is 7.06. The highest BCUT2D eigenvalue weighted by Crippen LogP contribution is 2.21. The SMILES string of the molecule is CCCOc1ccc(C(C)Nc2cncc(C)c2)cc1. The summed E-state index contributed by atoms with van der Waals surface area (Å²) in [7, 11) is 0. The minimum Gasteiger partial charge on any atom is -0.494 e. The molecular formula is C17H22N2O. The van der Waals surface area contributed by atoms with E-state index in [-0.39, 0.29) is 6.04 Å². The van der Waals surface area contributed by atoms with Crippen LogP contribution in [0.15, 0.2) is 42.7 Å². The Morgan fingerprint density at radius 3 is 2.60 bits per heavy atom. The van der Waals surface area contributed by atoms with Gasteiger partial charge in [-0.05, 0) is 49.6 Å². The van der Waals surface area contributed by atoms with Gasteiger partial charge in [0.1, 0.15) is 5.75 Å². The Labute approximate surface area is 121 Å². The maximum absolute atomic E-state index is 5.59. The molecule has 0 saturated carbocycles. The molecule has 0 radical (unpaired) electrons. The van der Waals surface area contributed by atoms with Crippen molar-refractivity contribution in [3.05, 3.63) is 53.9 Å². The fourth-order valence-corrected chi connectivity index (χ4v) is 2.04. The van der Waals surface area contributed by atoms with Crippen LogP contribution in [0.25, 0.3) is 0 Å². The molecule has 1 atom stereocenters. The molecule has 0 aliphatic rings. The van der Waals surface area contributed by atoms with Gasteiger partial charge in [0.05, 0.1) is 12.3 Å². The van der Waals surface area contributed by atoms with Crippen LogP contribution in [-0.2, 0) is 0 Å². The highest BCUT2D eigenvalue weighted by atomic mass is 16.5. The second-order valence-corrected chi connectivity index (χ2v) is 5.03. The number of nitrogens with one attached hydrogen (secondary N) is 1. The van der Waals surface area contributed by atoms with Gasteiger partial charge in [0.25, 0.3) is 0 Å². The molecule has 0 amide bonds. The number of pyridine rings is 1.